The second-order valence-electron chi connectivity index (χ2n) is 7.63. The quantitative estimate of drug-likeness (QED) is 0.749. The number of hydrogen-bond donors (Lipinski definition) is 0. The third-order valence-corrected chi connectivity index (χ3v) is 5.53. The molecule has 1 amide bonds. The summed E-state index contributed by atoms with van der Waals surface area (Å²) in [6.45, 7) is 4.29. The highest BCUT2D eigenvalue weighted by atomic mass is 19.1. The van der Waals surface area contributed by atoms with Gasteiger partial charge in [-0.2, -0.15) is 5.26 Å². The average Bonchev–Trinajstić information content (AvgIpc) is 2.68. The van der Waals surface area contributed by atoms with Crippen LogP contribution in [0.15, 0.2) is 48.5 Å². The van der Waals surface area contributed by atoms with Crippen LogP contribution >= 0.6 is 0 Å². The van der Waals surface area contributed by atoms with Gasteiger partial charge >= 0.3 is 6.09 Å². The maximum absolute atomic E-state index is 13.4. The van der Waals surface area contributed by atoms with E-state index in [-0.39, 0.29) is 17.8 Å². The third-order valence-electron chi connectivity index (χ3n) is 5.53. The summed E-state index contributed by atoms with van der Waals surface area (Å²) in [5.74, 6) is -0.636. The monoisotopic (exact) mass is 378 g/mol. The molecular formula is C22H24BFN2O2. The molecule has 1 aliphatic heterocycles. The Bertz CT molecular complexity index is 879. The lowest BCUT2D eigenvalue weighted by atomic mass is 9.81. The summed E-state index contributed by atoms with van der Waals surface area (Å²) in [5, 5.41) is 9.29. The SMILES string of the molecule is Bc1ccc([C@H](C)N2CC[C@](CC(C)C#N)(c3ccc(F)cc3)OC2=O)cc1. The summed E-state index contributed by atoms with van der Waals surface area (Å²) < 4.78 is 19.4. The van der Waals surface area contributed by atoms with E-state index in [0.717, 1.165) is 16.6 Å². The minimum atomic E-state index is -0.913. The summed E-state index contributed by atoms with van der Waals surface area (Å²) in [5.41, 5.74) is 2.02. The first-order valence-corrected chi connectivity index (χ1v) is 9.56. The number of halogens is 1. The average molecular weight is 378 g/mol. The standard InChI is InChI=1S/C22H24BFN2O2/c1-15(14-25)13-22(18-5-9-20(24)10-6-18)11-12-26(21(27)28-22)16(2)17-3-7-19(23)8-4-17/h3-10,15-16H,11-13,23H2,1-2H3/t15?,16-,22-/m0/s1. The van der Waals surface area contributed by atoms with E-state index >= 15 is 0 Å². The Morgan fingerprint density at radius 2 is 1.86 bits per heavy atom. The molecule has 6 heteroatoms. The molecular weight excluding hydrogens is 354 g/mol. The molecule has 1 fully saturated rings. The van der Waals surface area contributed by atoms with E-state index in [1.165, 1.54) is 12.1 Å². The molecule has 0 saturated carbocycles. The topological polar surface area (TPSA) is 53.3 Å². The number of rotatable bonds is 5. The Balaban J connectivity index is 1.86. The molecule has 28 heavy (non-hydrogen) atoms. The molecule has 1 aliphatic rings. The molecule has 1 saturated heterocycles. The Morgan fingerprint density at radius 1 is 1.21 bits per heavy atom. The smallest absolute Gasteiger partial charge is 0.411 e. The van der Waals surface area contributed by atoms with E-state index in [1.54, 1.807) is 24.0 Å². The molecule has 3 atom stereocenters. The molecule has 2 aromatic rings. The number of hydrogen-bond acceptors (Lipinski definition) is 3. The highest BCUT2D eigenvalue weighted by molar-refractivity contribution is 6.32. The van der Waals surface area contributed by atoms with Gasteiger partial charge in [-0.1, -0.05) is 41.9 Å². The first kappa shape index (κ1) is 19.9. The first-order chi connectivity index (χ1) is 13.3. The molecule has 144 valence electrons. The van der Waals surface area contributed by atoms with Gasteiger partial charge in [0, 0.05) is 25.3 Å². The van der Waals surface area contributed by atoms with Crippen molar-refractivity contribution in [2.75, 3.05) is 6.54 Å². The molecule has 0 N–H and O–H groups in total. The van der Waals surface area contributed by atoms with Crippen LogP contribution in [0.1, 0.15) is 43.9 Å². The van der Waals surface area contributed by atoms with Crippen molar-refractivity contribution in [3.8, 4) is 6.07 Å². The molecule has 1 unspecified atom stereocenters. The fraction of sp³-hybridized carbons (Fsp3) is 0.364. The zero-order valence-electron chi connectivity index (χ0n) is 16.5. The van der Waals surface area contributed by atoms with E-state index in [2.05, 4.69) is 6.07 Å². The van der Waals surface area contributed by atoms with Crippen molar-refractivity contribution in [3.63, 3.8) is 0 Å². The molecule has 4 nitrogen and oxygen atoms in total. The molecule has 0 radical (unpaired) electrons. The summed E-state index contributed by atoms with van der Waals surface area (Å²) >= 11 is 0. The van der Waals surface area contributed by atoms with E-state index in [1.807, 2.05) is 39.0 Å². The van der Waals surface area contributed by atoms with E-state index in [9.17, 15) is 14.4 Å². The van der Waals surface area contributed by atoms with Crippen LogP contribution in [0, 0.1) is 23.1 Å². The molecule has 0 spiro atoms. The normalized spacial score (nSPS) is 21.5. The third kappa shape index (κ3) is 4.04. The molecule has 0 aromatic heterocycles. The van der Waals surface area contributed by atoms with Crippen molar-refractivity contribution in [3.05, 3.63) is 65.5 Å². The van der Waals surface area contributed by atoms with Gasteiger partial charge in [-0.3, -0.25) is 0 Å². The largest absolute Gasteiger partial charge is 0.438 e. The molecule has 0 bridgehead atoms. The summed E-state index contributed by atoms with van der Waals surface area (Å²) in [7, 11) is 2.02. The number of cyclic esters (lactones) is 1. The van der Waals surface area contributed by atoms with Crippen molar-refractivity contribution in [1.29, 1.82) is 5.26 Å². The lowest BCUT2D eigenvalue weighted by Gasteiger charge is -2.44. The Kier molecular flexibility index (Phi) is 5.74. The van der Waals surface area contributed by atoms with Crippen LogP contribution in [0.3, 0.4) is 0 Å². The second kappa shape index (κ2) is 8.06. The minimum Gasteiger partial charge on any atom is -0.438 e. The maximum atomic E-state index is 13.4. The number of benzene rings is 2. The van der Waals surface area contributed by atoms with Crippen LogP contribution in [0.25, 0.3) is 0 Å². The van der Waals surface area contributed by atoms with Crippen molar-refractivity contribution in [2.45, 2.75) is 38.3 Å². The predicted octanol–water partition coefficient (Wildman–Crippen LogP) is 3.43. The summed E-state index contributed by atoms with van der Waals surface area (Å²) in [6, 6.07) is 16.2. The molecule has 3 rings (SSSR count). The number of amides is 1. The van der Waals surface area contributed by atoms with E-state index < -0.39 is 11.7 Å². The van der Waals surface area contributed by atoms with Gasteiger partial charge in [0.05, 0.1) is 12.1 Å². The van der Waals surface area contributed by atoms with Gasteiger partial charge in [-0.25, -0.2) is 9.18 Å². The van der Waals surface area contributed by atoms with E-state index in [0.29, 0.717) is 19.4 Å². The van der Waals surface area contributed by atoms with Crippen molar-refractivity contribution >= 4 is 19.4 Å². The summed E-state index contributed by atoms with van der Waals surface area (Å²) in [4.78, 5) is 14.7. The van der Waals surface area contributed by atoms with Crippen molar-refractivity contribution in [1.82, 2.24) is 4.90 Å². The number of nitriles is 1. The number of carbonyl (C=O) groups excluding carboxylic acids is 1. The Hall–Kier alpha value is -2.81. The minimum absolute atomic E-state index is 0.118. The van der Waals surface area contributed by atoms with Gasteiger partial charge in [0.1, 0.15) is 19.3 Å². The van der Waals surface area contributed by atoms with Gasteiger partial charge in [-0.15, -0.1) is 0 Å². The zero-order valence-corrected chi connectivity index (χ0v) is 16.5. The number of carbonyl (C=O) groups is 1. The maximum Gasteiger partial charge on any atom is 0.411 e. The zero-order chi connectivity index (χ0) is 20.3. The molecule has 2 aromatic carbocycles. The van der Waals surface area contributed by atoms with Crippen LogP contribution in [0.2, 0.25) is 0 Å². The predicted molar refractivity (Wildman–Crippen MR) is 108 cm³/mol. The van der Waals surface area contributed by atoms with Crippen LogP contribution < -0.4 is 5.46 Å². The van der Waals surface area contributed by atoms with Crippen LogP contribution in [-0.2, 0) is 10.3 Å². The lowest BCUT2D eigenvalue weighted by Crippen LogP contribution is -2.49. The van der Waals surface area contributed by atoms with Gasteiger partial charge in [0.2, 0.25) is 0 Å². The highest BCUT2D eigenvalue weighted by Crippen LogP contribution is 2.41. The Labute approximate surface area is 166 Å². The van der Waals surface area contributed by atoms with Gasteiger partial charge in [-0.05, 0) is 37.1 Å². The second-order valence-corrected chi connectivity index (χ2v) is 7.63. The lowest BCUT2D eigenvalue weighted by molar-refractivity contribution is -0.0697. The van der Waals surface area contributed by atoms with Crippen LogP contribution in [0.5, 0.6) is 0 Å². The van der Waals surface area contributed by atoms with Gasteiger partial charge in [0.15, 0.2) is 0 Å². The van der Waals surface area contributed by atoms with Gasteiger partial charge in [0.25, 0.3) is 0 Å². The van der Waals surface area contributed by atoms with Crippen LogP contribution in [0.4, 0.5) is 9.18 Å². The van der Waals surface area contributed by atoms with Crippen molar-refractivity contribution in [2.24, 2.45) is 5.92 Å². The van der Waals surface area contributed by atoms with Gasteiger partial charge < -0.3 is 9.64 Å². The van der Waals surface area contributed by atoms with E-state index in [4.69, 9.17) is 4.74 Å². The first-order valence-electron chi connectivity index (χ1n) is 9.56. The molecule has 0 aliphatic carbocycles. The highest BCUT2D eigenvalue weighted by Gasteiger charge is 2.44. The number of ether oxygens (including phenoxy) is 1. The fourth-order valence-electron chi connectivity index (χ4n) is 3.80. The fourth-order valence-corrected chi connectivity index (χ4v) is 3.80. The number of nitrogens with zero attached hydrogens (tertiary/aromatic N) is 2. The Morgan fingerprint density at radius 3 is 2.43 bits per heavy atom. The summed E-state index contributed by atoms with van der Waals surface area (Å²) in [6.07, 6.45) is 0.522. The van der Waals surface area contributed by atoms with Crippen LogP contribution in [-0.4, -0.2) is 25.4 Å². The molecule has 1 heterocycles. The van der Waals surface area contributed by atoms with Crippen molar-refractivity contribution < 1.29 is 13.9 Å².